The van der Waals surface area contributed by atoms with E-state index in [0.717, 1.165) is 29.5 Å². The second-order valence-electron chi connectivity index (χ2n) is 5.32. The van der Waals surface area contributed by atoms with E-state index in [4.69, 9.17) is 0 Å². The molecule has 0 fully saturated rings. The lowest BCUT2D eigenvalue weighted by atomic mass is 9.99. The summed E-state index contributed by atoms with van der Waals surface area (Å²) in [5.41, 5.74) is 5.01. The van der Waals surface area contributed by atoms with Gasteiger partial charge in [0.1, 0.15) is 0 Å². The van der Waals surface area contributed by atoms with Crippen LogP contribution in [0.5, 0.6) is 0 Å². The van der Waals surface area contributed by atoms with Gasteiger partial charge in [0, 0.05) is 23.2 Å². The third kappa shape index (κ3) is 2.60. The number of benzene rings is 2. The number of fused-ring (bicyclic) bond motifs is 1. The van der Waals surface area contributed by atoms with Crippen LogP contribution in [0.15, 0.2) is 46.9 Å². The minimum Gasteiger partial charge on any atom is -0.389 e. The molecule has 104 valence electrons. The van der Waals surface area contributed by atoms with E-state index in [1.165, 1.54) is 16.8 Å². The zero-order valence-corrected chi connectivity index (χ0v) is 13.1. The molecular weight excluding hydrogens is 314 g/mol. The number of hydrogen-bond donors (Lipinski definition) is 1. The van der Waals surface area contributed by atoms with Crippen LogP contribution in [0.3, 0.4) is 0 Å². The predicted octanol–water partition coefficient (Wildman–Crippen LogP) is 4.07. The van der Waals surface area contributed by atoms with E-state index < -0.39 is 6.10 Å². The minimum absolute atomic E-state index is 0.444. The van der Waals surface area contributed by atoms with Crippen LogP contribution in [0, 0.1) is 0 Å². The van der Waals surface area contributed by atoms with Crippen LogP contribution in [0.25, 0.3) is 0 Å². The average Bonchev–Trinajstić information content (AvgIpc) is 2.46. The average molecular weight is 332 g/mol. The molecule has 0 aliphatic carbocycles. The van der Waals surface area contributed by atoms with Crippen molar-refractivity contribution in [3.63, 3.8) is 0 Å². The van der Waals surface area contributed by atoms with E-state index in [0.29, 0.717) is 0 Å². The molecule has 0 spiro atoms. The van der Waals surface area contributed by atoms with Crippen molar-refractivity contribution in [3.8, 4) is 0 Å². The second-order valence-corrected chi connectivity index (χ2v) is 6.18. The van der Waals surface area contributed by atoms with Gasteiger partial charge in [-0.1, -0.05) is 46.3 Å². The highest BCUT2D eigenvalue weighted by Gasteiger charge is 2.17. The molecule has 1 aliphatic rings. The van der Waals surface area contributed by atoms with Gasteiger partial charge in [0.15, 0.2) is 0 Å². The van der Waals surface area contributed by atoms with Crippen molar-refractivity contribution in [2.24, 2.45) is 0 Å². The number of aliphatic hydroxyl groups excluding tert-OH is 1. The highest BCUT2D eigenvalue weighted by Crippen LogP contribution is 2.30. The van der Waals surface area contributed by atoms with E-state index in [-0.39, 0.29) is 0 Å². The van der Waals surface area contributed by atoms with Crippen molar-refractivity contribution in [2.75, 3.05) is 11.4 Å². The molecule has 0 bridgehead atoms. The number of rotatable bonds is 2. The Morgan fingerprint density at radius 1 is 1.15 bits per heavy atom. The Kier molecular flexibility index (Phi) is 3.81. The summed E-state index contributed by atoms with van der Waals surface area (Å²) in [6.07, 6.45) is 0.645. The van der Waals surface area contributed by atoms with Gasteiger partial charge >= 0.3 is 0 Å². The first-order valence-electron chi connectivity index (χ1n) is 6.94. The first kappa shape index (κ1) is 13.7. The van der Waals surface area contributed by atoms with Gasteiger partial charge in [-0.05, 0) is 42.2 Å². The van der Waals surface area contributed by atoms with Crippen molar-refractivity contribution in [2.45, 2.75) is 26.0 Å². The van der Waals surface area contributed by atoms with Gasteiger partial charge < -0.3 is 10.0 Å². The zero-order chi connectivity index (χ0) is 14.1. The topological polar surface area (TPSA) is 23.5 Å². The largest absolute Gasteiger partial charge is 0.389 e. The molecule has 1 aliphatic heterocycles. The number of anilines is 1. The number of hydrogen-bond acceptors (Lipinski definition) is 2. The molecule has 0 amide bonds. The van der Waals surface area contributed by atoms with Crippen molar-refractivity contribution in [1.29, 1.82) is 0 Å². The van der Waals surface area contributed by atoms with Gasteiger partial charge in [-0.15, -0.1) is 0 Å². The monoisotopic (exact) mass is 331 g/mol. The molecule has 1 atom stereocenters. The number of aliphatic hydroxyl groups is 1. The molecule has 0 unspecified atom stereocenters. The van der Waals surface area contributed by atoms with Gasteiger partial charge in [-0.3, -0.25) is 0 Å². The zero-order valence-electron chi connectivity index (χ0n) is 11.5. The fourth-order valence-corrected chi connectivity index (χ4v) is 3.47. The Morgan fingerprint density at radius 3 is 2.60 bits per heavy atom. The van der Waals surface area contributed by atoms with E-state index in [2.05, 4.69) is 57.2 Å². The molecule has 0 saturated carbocycles. The van der Waals surface area contributed by atoms with Crippen LogP contribution in [-0.2, 0) is 13.0 Å². The smallest absolute Gasteiger partial charge is 0.0772 e. The summed E-state index contributed by atoms with van der Waals surface area (Å²) < 4.78 is 0.976. The Bertz CT molecular complexity index is 624. The Morgan fingerprint density at radius 2 is 1.90 bits per heavy atom. The first-order chi connectivity index (χ1) is 9.65. The van der Waals surface area contributed by atoms with Crippen LogP contribution in [0.4, 0.5) is 5.69 Å². The van der Waals surface area contributed by atoms with Gasteiger partial charge in [0.2, 0.25) is 0 Å². The number of halogens is 1. The Hall–Kier alpha value is -1.32. The van der Waals surface area contributed by atoms with E-state index in [1.54, 1.807) is 6.92 Å². The summed E-state index contributed by atoms with van der Waals surface area (Å²) in [5, 5.41) is 9.69. The molecular formula is C17H18BrNO. The van der Waals surface area contributed by atoms with Crippen LogP contribution in [0.2, 0.25) is 0 Å². The van der Waals surface area contributed by atoms with E-state index in [1.807, 2.05) is 6.07 Å². The normalized spacial score (nSPS) is 15.8. The van der Waals surface area contributed by atoms with E-state index >= 15 is 0 Å². The first-order valence-corrected chi connectivity index (χ1v) is 7.73. The predicted molar refractivity (Wildman–Crippen MR) is 86.0 cm³/mol. The quantitative estimate of drug-likeness (QED) is 0.896. The molecule has 3 rings (SSSR count). The van der Waals surface area contributed by atoms with Crippen molar-refractivity contribution in [3.05, 3.63) is 63.6 Å². The fraction of sp³-hybridized carbons (Fsp3) is 0.294. The molecule has 1 heterocycles. The third-order valence-electron chi connectivity index (χ3n) is 3.93. The maximum atomic E-state index is 9.69. The molecule has 20 heavy (non-hydrogen) atoms. The molecule has 2 aromatic rings. The summed E-state index contributed by atoms with van der Waals surface area (Å²) in [6, 6.07) is 14.9. The van der Waals surface area contributed by atoms with Crippen molar-refractivity contribution >= 4 is 21.6 Å². The molecule has 2 nitrogen and oxygen atoms in total. The molecule has 1 N–H and O–H groups in total. The maximum absolute atomic E-state index is 9.69. The second kappa shape index (κ2) is 5.58. The van der Waals surface area contributed by atoms with Crippen LogP contribution >= 0.6 is 15.9 Å². The van der Waals surface area contributed by atoms with Gasteiger partial charge in [0.05, 0.1) is 6.10 Å². The Balaban J connectivity index is 1.86. The molecule has 2 aromatic carbocycles. The molecule has 0 aromatic heterocycles. The van der Waals surface area contributed by atoms with Gasteiger partial charge in [-0.2, -0.15) is 0 Å². The van der Waals surface area contributed by atoms with Crippen molar-refractivity contribution in [1.82, 2.24) is 0 Å². The molecule has 0 radical (unpaired) electrons. The maximum Gasteiger partial charge on any atom is 0.0772 e. The van der Waals surface area contributed by atoms with Crippen LogP contribution in [0.1, 0.15) is 29.7 Å². The lowest BCUT2D eigenvalue weighted by Crippen LogP contribution is -2.30. The Labute approximate surface area is 128 Å². The summed E-state index contributed by atoms with van der Waals surface area (Å²) >= 11 is 3.56. The number of nitrogens with zero attached hydrogens (tertiary/aromatic N) is 1. The van der Waals surface area contributed by atoms with Crippen LogP contribution < -0.4 is 4.90 Å². The summed E-state index contributed by atoms with van der Waals surface area (Å²) in [7, 11) is 0. The molecule has 3 heteroatoms. The standard InChI is InChI=1S/C17H18BrNO/c1-12(20)16-7-6-15(10-17(16)18)19-9-8-13-4-2-3-5-14(13)11-19/h2-7,10,12,20H,8-9,11H2,1H3/t12-/m1/s1. The van der Waals surface area contributed by atoms with Crippen LogP contribution in [-0.4, -0.2) is 11.7 Å². The minimum atomic E-state index is -0.444. The molecule has 0 saturated heterocycles. The summed E-state index contributed by atoms with van der Waals surface area (Å²) in [6.45, 7) is 3.78. The lowest BCUT2D eigenvalue weighted by Gasteiger charge is -2.31. The lowest BCUT2D eigenvalue weighted by molar-refractivity contribution is 0.198. The van der Waals surface area contributed by atoms with E-state index in [9.17, 15) is 5.11 Å². The third-order valence-corrected chi connectivity index (χ3v) is 4.62. The fourth-order valence-electron chi connectivity index (χ4n) is 2.77. The highest BCUT2D eigenvalue weighted by atomic mass is 79.9. The van der Waals surface area contributed by atoms with Crippen molar-refractivity contribution < 1.29 is 5.11 Å². The summed E-state index contributed by atoms with van der Waals surface area (Å²) in [5.74, 6) is 0. The van der Waals surface area contributed by atoms with Gasteiger partial charge in [-0.25, -0.2) is 0 Å². The highest BCUT2D eigenvalue weighted by molar-refractivity contribution is 9.10. The SMILES string of the molecule is C[C@@H](O)c1ccc(N2CCc3ccccc3C2)cc1Br. The van der Waals surface area contributed by atoms with Gasteiger partial charge in [0.25, 0.3) is 0 Å². The summed E-state index contributed by atoms with van der Waals surface area (Å²) in [4.78, 5) is 2.39.